The average Bonchev–Trinajstić information content (AvgIpc) is 2.38. The average molecular weight is 281 g/mol. The fourth-order valence-corrected chi connectivity index (χ4v) is 1.73. The first-order valence-corrected chi connectivity index (χ1v) is 6.67. The third-order valence-electron chi connectivity index (χ3n) is 2.41. The van der Waals surface area contributed by atoms with E-state index < -0.39 is 0 Å². The maximum atomic E-state index is 11.9. The van der Waals surface area contributed by atoms with Gasteiger partial charge in [0.2, 0.25) is 0 Å². The molecule has 4 nitrogen and oxygen atoms in total. The largest absolute Gasteiger partial charge is 0.460 e. The van der Waals surface area contributed by atoms with E-state index in [-0.39, 0.29) is 12.6 Å². The highest BCUT2D eigenvalue weighted by Crippen LogP contribution is 2.11. The van der Waals surface area contributed by atoms with Gasteiger partial charge in [0.25, 0.3) is 0 Å². The Morgan fingerprint density at radius 3 is 2.68 bits per heavy atom. The summed E-state index contributed by atoms with van der Waals surface area (Å²) in [5, 5.41) is 0. The van der Waals surface area contributed by atoms with Gasteiger partial charge in [-0.05, 0) is 18.1 Å². The third kappa shape index (κ3) is 5.81. The van der Waals surface area contributed by atoms with Crippen molar-refractivity contribution in [2.24, 2.45) is 5.73 Å². The van der Waals surface area contributed by atoms with Gasteiger partial charge < -0.3 is 15.2 Å². The molecule has 0 aliphatic heterocycles. The number of ether oxygens (including phenoxy) is 2. The van der Waals surface area contributed by atoms with Gasteiger partial charge in [-0.1, -0.05) is 37.3 Å². The maximum Gasteiger partial charge on any atom is 0.338 e. The van der Waals surface area contributed by atoms with E-state index in [2.05, 4.69) is 0 Å². The number of nitrogens with two attached hydrogens (primary N) is 1. The van der Waals surface area contributed by atoms with Crippen LogP contribution in [0.15, 0.2) is 24.3 Å². The molecule has 0 aliphatic rings. The van der Waals surface area contributed by atoms with Gasteiger partial charge in [-0.15, -0.1) is 0 Å². The molecule has 19 heavy (non-hydrogen) atoms. The maximum absolute atomic E-state index is 11.9. The lowest BCUT2D eigenvalue weighted by molar-refractivity contribution is 0.0318. The van der Waals surface area contributed by atoms with Gasteiger partial charge in [0.15, 0.2) is 0 Å². The van der Waals surface area contributed by atoms with Crippen molar-refractivity contribution < 1.29 is 14.3 Å². The van der Waals surface area contributed by atoms with Crippen LogP contribution in [0, 0.1) is 0 Å². The summed E-state index contributed by atoms with van der Waals surface area (Å²) in [6.45, 7) is 3.37. The predicted octanol–water partition coefficient (Wildman–Crippen LogP) is 2.10. The lowest BCUT2D eigenvalue weighted by Gasteiger charge is -2.09. The number of hydrogen-bond donors (Lipinski definition) is 1. The first-order valence-electron chi connectivity index (χ1n) is 6.26. The minimum Gasteiger partial charge on any atom is -0.460 e. The molecule has 0 saturated heterocycles. The number of thiocarbonyl (C=S) groups is 1. The van der Waals surface area contributed by atoms with Crippen LogP contribution in [0.25, 0.3) is 0 Å². The summed E-state index contributed by atoms with van der Waals surface area (Å²) in [6, 6.07) is 7.16. The van der Waals surface area contributed by atoms with Crippen LogP contribution in [0.4, 0.5) is 0 Å². The highest BCUT2D eigenvalue weighted by atomic mass is 32.1. The van der Waals surface area contributed by atoms with E-state index in [1.807, 2.05) is 19.1 Å². The molecule has 1 aromatic carbocycles. The molecular weight excluding hydrogens is 262 g/mol. The molecule has 0 aliphatic carbocycles. The van der Waals surface area contributed by atoms with Crippen LogP contribution < -0.4 is 5.73 Å². The Morgan fingerprint density at radius 2 is 2.00 bits per heavy atom. The van der Waals surface area contributed by atoms with E-state index in [0.29, 0.717) is 30.2 Å². The number of carbonyl (C=O) groups excluding carboxylic acids is 1. The molecule has 2 N–H and O–H groups in total. The summed E-state index contributed by atoms with van der Waals surface area (Å²) < 4.78 is 10.4. The van der Waals surface area contributed by atoms with Crippen molar-refractivity contribution in [2.45, 2.75) is 19.8 Å². The molecule has 5 heteroatoms. The molecule has 1 aromatic rings. The Hall–Kier alpha value is -1.46. The first kappa shape index (κ1) is 15.6. The topological polar surface area (TPSA) is 61.5 Å². The monoisotopic (exact) mass is 281 g/mol. The van der Waals surface area contributed by atoms with Crippen LogP contribution in [-0.2, 0) is 15.9 Å². The summed E-state index contributed by atoms with van der Waals surface area (Å²) in [5.41, 5.74) is 6.80. The van der Waals surface area contributed by atoms with E-state index in [0.717, 1.165) is 12.0 Å². The molecule has 0 bridgehead atoms. The van der Waals surface area contributed by atoms with E-state index in [1.54, 1.807) is 12.1 Å². The minimum absolute atomic E-state index is 0.250. The van der Waals surface area contributed by atoms with Crippen molar-refractivity contribution in [3.05, 3.63) is 35.4 Å². The van der Waals surface area contributed by atoms with Gasteiger partial charge in [-0.25, -0.2) is 4.79 Å². The van der Waals surface area contributed by atoms with Crippen molar-refractivity contribution in [3.8, 4) is 0 Å². The first-order chi connectivity index (χ1) is 9.15. The third-order valence-corrected chi connectivity index (χ3v) is 2.56. The molecule has 104 valence electrons. The minimum atomic E-state index is -0.369. The van der Waals surface area contributed by atoms with E-state index in [1.165, 1.54) is 0 Å². The lowest BCUT2D eigenvalue weighted by atomic mass is 10.0. The van der Waals surface area contributed by atoms with Crippen LogP contribution in [0.2, 0.25) is 0 Å². The molecule has 0 saturated carbocycles. The fourth-order valence-electron chi connectivity index (χ4n) is 1.58. The quantitative estimate of drug-likeness (QED) is 0.449. The van der Waals surface area contributed by atoms with E-state index >= 15 is 0 Å². The number of carbonyl (C=O) groups is 1. The Labute approximate surface area is 118 Å². The van der Waals surface area contributed by atoms with Crippen molar-refractivity contribution in [1.29, 1.82) is 0 Å². The Morgan fingerprint density at radius 1 is 1.26 bits per heavy atom. The van der Waals surface area contributed by atoms with Crippen molar-refractivity contribution >= 4 is 23.2 Å². The van der Waals surface area contributed by atoms with Gasteiger partial charge in [-0.2, -0.15) is 0 Å². The molecule has 0 fully saturated rings. The molecule has 0 aromatic heterocycles. The van der Waals surface area contributed by atoms with Crippen molar-refractivity contribution in [1.82, 2.24) is 0 Å². The van der Waals surface area contributed by atoms with Crippen LogP contribution in [0.1, 0.15) is 29.3 Å². The molecule has 1 rings (SSSR count). The number of esters is 1. The SMILES string of the molecule is CCCOCCOC(=O)c1ccccc1CC(N)=S. The lowest BCUT2D eigenvalue weighted by Crippen LogP contribution is -2.16. The second-order valence-electron chi connectivity index (χ2n) is 4.05. The molecule has 0 radical (unpaired) electrons. The van der Waals surface area contributed by atoms with Crippen LogP contribution in [0.5, 0.6) is 0 Å². The van der Waals surface area contributed by atoms with Gasteiger partial charge in [0, 0.05) is 13.0 Å². The van der Waals surface area contributed by atoms with Gasteiger partial charge in [0.05, 0.1) is 17.2 Å². The van der Waals surface area contributed by atoms with Gasteiger partial charge in [-0.3, -0.25) is 0 Å². The highest BCUT2D eigenvalue weighted by molar-refractivity contribution is 7.80. The van der Waals surface area contributed by atoms with Gasteiger partial charge >= 0.3 is 5.97 Å². The van der Waals surface area contributed by atoms with Crippen LogP contribution >= 0.6 is 12.2 Å². The zero-order valence-corrected chi connectivity index (χ0v) is 11.9. The molecule has 0 unspecified atom stereocenters. The Bertz CT molecular complexity index is 434. The standard InChI is InChI=1S/C14H19NO3S/c1-2-7-17-8-9-18-14(16)12-6-4-3-5-11(12)10-13(15)19/h3-6H,2,7-10H2,1H3,(H2,15,19). The molecule has 0 amide bonds. The van der Waals surface area contributed by atoms with Crippen molar-refractivity contribution in [2.75, 3.05) is 19.8 Å². The summed E-state index contributed by atoms with van der Waals surface area (Å²) in [6.07, 6.45) is 1.34. The van der Waals surface area contributed by atoms with Gasteiger partial charge in [0.1, 0.15) is 6.61 Å². The molecule has 0 spiro atoms. The normalized spacial score (nSPS) is 10.2. The second kappa shape index (κ2) is 8.61. The number of benzene rings is 1. The zero-order chi connectivity index (χ0) is 14.1. The molecule has 0 atom stereocenters. The molecular formula is C14H19NO3S. The number of rotatable bonds is 8. The molecule has 0 heterocycles. The summed E-state index contributed by atoms with van der Waals surface area (Å²) >= 11 is 4.86. The fraction of sp³-hybridized carbons (Fsp3) is 0.429. The Kier molecular flexibility index (Phi) is 7.07. The summed E-state index contributed by atoms with van der Waals surface area (Å²) in [5.74, 6) is -0.369. The predicted molar refractivity (Wildman–Crippen MR) is 78.3 cm³/mol. The van der Waals surface area contributed by atoms with Crippen LogP contribution in [0.3, 0.4) is 0 Å². The van der Waals surface area contributed by atoms with E-state index in [4.69, 9.17) is 27.4 Å². The van der Waals surface area contributed by atoms with Crippen LogP contribution in [-0.4, -0.2) is 30.8 Å². The zero-order valence-electron chi connectivity index (χ0n) is 11.1. The highest BCUT2D eigenvalue weighted by Gasteiger charge is 2.12. The second-order valence-corrected chi connectivity index (χ2v) is 4.57. The summed E-state index contributed by atoms with van der Waals surface area (Å²) in [7, 11) is 0. The van der Waals surface area contributed by atoms with E-state index in [9.17, 15) is 4.79 Å². The Balaban J connectivity index is 2.54. The summed E-state index contributed by atoms with van der Waals surface area (Å²) in [4.78, 5) is 12.3. The smallest absolute Gasteiger partial charge is 0.338 e. The number of hydrogen-bond acceptors (Lipinski definition) is 4. The van der Waals surface area contributed by atoms with Crippen molar-refractivity contribution in [3.63, 3.8) is 0 Å².